The number of nitrogen functional groups attached to an aromatic ring is 1. The normalized spacial score (nSPS) is 10.9. The van der Waals surface area contributed by atoms with Crippen LogP contribution in [-0.4, -0.2) is 24.5 Å². The summed E-state index contributed by atoms with van der Waals surface area (Å²) in [6, 6.07) is 10.3. The van der Waals surface area contributed by atoms with Crippen LogP contribution in [0.1, 0.15) is 19.0 Å². The highest BCUT2D eigenvalue weighted by atomic mass is 35.5. The molecule has 0 spiro atoms. The van der Waals surface area contributed by atoms with Crippen LogP contribution in [0.25, 0.3) is 27.6 Å². The van der Waals surface area contributed by atoms with E-state index in [1.807, 2.05) is 6.92 Å². The number of H-pyrrole nitrogens is 1. The van der Waals surface area contributed by atoms with Crippen molar-refractivity contribution in [3.8, 4) is 5.69 Å². The largest absolute Gasteiger partial charge is 0.382 e. The Hall–Kier alpha value is -3.85. The summed E-state index contributed by atoms with van der Waals surface area (Å²) in [5, 5.41) is 0.481. The molecule has 168 valence electrons. The summed E-state index contributed by atoms with van der Waals surface area (Å²) in [5.74, 6) is -0.657. The van der Waals surface area contributed by atoms with Crippen molar-refractivity contribution in [2.75, 3.05) is 5.73 Å². The lowest BCUT2D eigenvalue weighted by atomic mass is 10.1. The number of imidazole rings is 1. The van der Waals surface area contributed by atoms with Gasteiger partial charge < -0.3 is 10.7 Å². The number of halogens is 3. The summed E-state index contributed by atoms with van der Waals surface area (Å²) in [4.78, 5) is 27.3. The summed E-state index contributed by atoms with van der Waals surface area (Å²) in [7, 11) is 0. The number of aryl methyl sites for hydroxylation is 1. The van der Waals surface area contributed by atoms with E-state index in [-0.39, 0.29) is 10.4 Å². The fourth-order valence-corrected chi connectivity index (χ4v) is 3.76. The standard InChI is InChI=1S/C18H14ClF2NO.C5H5N5/c1-2-4-13-9-11-7-8-15(21)17(19)16(11)18(23)22(13)14-6-3-5-12(20)10-14;6-4-3-5(9-1-7-3)10-2-8-4/h3,5-10H,2,4H2,1H3;1-2H,(H3,6,7,8,9,10). The first kappa shape index (κ1) is 22.3. The monoisotopic (exact) mass is 468 g/mol. The maximum Gasteiger partial charge on any atom is 0.264 e. The van der Waals surface area contributed by atoms with Gasteiger partial charge in [-0.25, -0.2) is 23.7 Å². The fourth-order valence-electron chi connectivity index (χ4n) is 3.51. The molecule has 3 aromatic heterocycles. The lowest BCUT2D eigenvalue weighted by Crippen LogP contribution is -2.22. The molecule has 2 aromatic carbocycles. The van der Waals surface area contributed by atoms with E-state index < -0.39 is 17.2 Å². The molecule has 0 fully saturated rings. The number of aromatic nitrogens is 5. The van der Waals surface area contributed by atoms with Crippen LogP contribution in [-0.2, 0) is 6.42 Å². The Labute approximate surface area is 191 Å². The molecule has 10 heteroatoms. The van der Waals surface area contributed by atoms with Gasteiger partial charge in [-0.1, -0.05) is 37.1 Å². The maximum absolute atomic E-state index is 13.7. The van der Waals surface area contributed by atoms with Crippen molar-refractivity contribution < 1.29 is 8.78 Å². The Morgan fingerprint density at radius 1 is 1.12 bits per heavy atom. The third-order valence-electron chi connectivity index (χ3n) is 4.98. The molecule has 0 atom stereocenters. The van der Waals surface area contributed by atoms with Gasteiger partial charge in [-0.2, -0.15) is 0 Å². The van der Waals surface area contributed by atoms with E-state index in [0.29, 0.717) is 34.5 Å². The Morgan fingerprint density at radius 3 is 2.67 bits per heavy atom. The zero-order valence-corrected chi connectivity index (χ0v) is 18.3. The number of hydrogen-bond acceptors (Lipinski definition) is 5. The molecule has 7 nitrogen and oxygen atoms in total. The van der Waals surface area contributed by atoms with Gasteiger partial charge in [0.25, 0.3) is 5.56 Å². The average molecular weight is 469 g/mol. The molecule has 0 aliphatic heterocycles. The second kappa shape index (κ2) is 9.33. The number of nitrogens with zero attached hydrogens (tertiary/aromatic N) is 4. The highest BCUT2D eigenvalue weighted by Gasteiger charge is 2.15. The molecule has 5 aromatic rings. The van der Waals surface area contributed by atoms with Crippen molar-refractivity contribution >= 4 is 39.4 Å². The van der Waals surface area contributed by atoms with Crippen molar-refractivity contribution in [3.05, 3.63) is 87.8 Å². The first-order valence-electron chi connectivity index (χ1n) is 10.1. The maximum atomic E-state index is 13.7. The number of rotatable bonds is 3. The smallest absolute Gasteiger partial charge is 0.264 e. The van der Waals surface area contributed by atoms with Crippen molar-refractivity contribution in [1.29, 1.82) is 0 Å². The average Bonchev–Trinajstić information content (AvgIpc) is 3.27. The molecule has 33 heavy (non-hydrogen) atoms. The lowest BCUT2D eigenvalue weighted by molar-refractivity contribution is 0.625. The minimum Gasteiger partial charge on any atom is -0.382 e. The van der Waals surface area contributed by atoms with Gasteiger partial charge in [0.05, 0.1) is 22.4 Å². The molecule has 0 bridgehead atoms. The summed E-state index contributed by atoms with van der Waals surface area (Å²) in [6.45, 7) is 1.99. The van der Waals surface area contributed by atoms with Crippen molar-refractivity contribution in [2.45, 2.75) is 19.8 Å². The predicted molar refractivity (Wildman–Crippen MR) is 125 cm³/mol. The SMILES string of the molecule is CCCc1cc2ccc(F)c(Cl)c2c(=O)n1-c1cccc(F)c1.Nc1ncnc2nc[nH]c12. The number of pyridine rings is 1. The van der Waals surface area contributed by atoms with Gasteiger partial charge in [-0.05, 0) is 42.1 Å². The lowest BCUT2D eigenvalue weighted by Gasteiger charge is -2.15. The van der Waals surface area contributed by atoms with Crippen LogP contribution in [0, 0.1) is 11.6 Å². The molecule has 3 heterocycles. The molecule has 0 unspecified atom stereocenters. The topological polar surface area (TPSA) is 102 Å². The van der Waals surface area contributed by atoms with Gasteiger partial charge in [-0.3, -0.25) is 9.36 Å². The van der Waals surface area contributed by atoms with Crippen LogP contribution >= 0.6 is 11.6 Å². The number of nitrogens with one attached hydrogen (secondary N) is 1. The molecule has 0 saturated heterocycles. The van der Waals surface area contributed by atoms with E-state index in [2.05, 4.69) is 19.9 Å². The third kappa shape index (κ3) is 4.40. The zero-order valence-electron chi connectivity index (χ0n) is 17.5. The van der Waals surface area contributed by atoms with Gasteiger partial charge in [0.2, 0.25) is 0 Å². The molecule has 0 aliphatic rings. The number of anilines is 1. The predicted octanol–water partition coefficient (Wildman–Crippen LogP) is 4.81. The van der Waals surface area contributed by atoms with Crippen LogP contribution in [0.3, 0.4) is 0 Å². The van der Waals surface area contributed by atoms with Crippen LogP contribution in [0.5, 0.6) is 0 Å². The summed E-state index contributed by atoms with van der Waals surface area (Å²) >= 11 is 5.99. The fraction of sp³-hybridized carbons (Fsp3) is 0.130. The number of aromatic amines is 1. The third-order valence-corrected chi connectivity index (χ3v) is 5.35. The molecule has 3 N–H and O–H groups in total. The van der Waals surface area contributed by atoms with Crippen LogP contribution in [0.4, 0.5) is 14.6 Å². The minimum absolute atomic E-state index is 0.107. The van der Waals surface area contributed by atoms with Crippen molar-refractivity contribution in [1.82, 2.24) is 24.5 Å². The molecule has 0 radical (unpaired) electrons. The molecule has 0 amide bonds. The molecular weight excluding hydrogens is 450 g/mol. The zero-order chi connectivity index (χ0) is 23.5. The first-order valence-corrected chi connectivity index (χ1v) is 10.5. The van der Waals surface area contributed by atoms with Gasteiger partial charge in [0.15, 0.2) is 11.5 Å². The van der Waals surface area contributed by atoms with Gasteiger partial charge >= 0.3 is 0 Å². The number of hydrogen-bond donors (Lipinski definition) is 2. The van der Waals surface area contributed by atoms with Crippen LogP contribution < -0.4 is 11.3 Å². The molecule has 5 rings (SSSR count). The number of benzene rings is 2. The van der Waals surface area contributed by atoms with E-state index in [1.165, 1.54) is 47.6 Å². The van der Waals surface area contributed by atoms with E-state index in [1.54, 1.807) is 12.1 Å². The minimum atomic E-state index is -0.648. The Morgan fingerprint density at radius 2 is 1.94 bits per heavy atom. The second-order valence-corrected chi connectivity index (χ2v) is 7.57. The molecule has 0 saturated carbocycles. The van der Waals surface area contributed by atoms with Gasteiger partial charge in [0, 0.05) is 5.69 Å². The molecular formula is C23H19ClF2N6O. The Kier molecular flexibility index (Phi) is 6.32. The van der Waals surface area contributed by atoms with Gasteiger partial charge in [-0.15, -0.1) is 0 Å². The molecule has 0 aliphatic carbocycles. The van der Waals surface area contributed by atoms with Gasteiger partial charge in [0.1, 0.15) is 23.5 Å². The number of fused-ring (bicyclic) bond motifs is 2. The van der Waals surface area contributed by atoms with E-state index >= 15 is 0 Å². The first-order chi connectivity index (χ1) is 15.9. The highest BCUT2D eigenvalue weighted by Crippen LogP contribution is 2.26. The summed E-state index contributed by atoms with van der Waals surface area (Å²) < 4.78 is 28.7. The number of nitrogens with two attached hydrogens (primary N) is 1. The Balaban J connectivity index is 0.000000214. The summed E-state index contributed by atoms with van der Waals surface area (Å²) in [6.07, 6.45) is 4.38. The van der Waals surface area contributed by atoms with E-state index in [0.717, 1.165) is 12.1 Å². The Bertz CT molecular complexity index is 1510. The highest BCUT2D eigenvalue weighted by molar-refractivity contribution is 6.35. The van der Waals surface area contributed by atoms with Crippen molar-refractivity contribution in [3.63, 3.8) is 0 Å². The van der Waals surface area contributed by atoms with Crippen LogP contribution in [0.2, 0.25) is 5.02 Å². The van der Waals surface area contributed by atoms with Crippen LogP contribution in [0.15, 0.2) is 59.9 Å². The summed E-state index contributed by atoms with van der Waals surface area (Å²) in [5.41, 5.74) is 7.47. The van der Waals surface area contributed by atoms with E-state index in [9.17, 15) is 13.6 Å². The quantitative estimate of drug-likeness (QED) is 0.395. The second-order valence-electron chi connectivity index (χ2n) is 7.19. The van der Waals surface area contributed by atoms with Crippen molar-refractivity contribution in [2.24, 2.45) is 0 Å². The van der Waals surface area contributed by atoms with E-state index in [4.69, 9.17) is 17.3 Å².